The average Bonchev–Trinajstić information content (AvgIpc) is 3.63. The molecule has 11 atom stereocenters. The number of esters is 7. The highest BCUT2D eigenvalue weighted by Crippen LogP contribution is 2.44. The van der Waals surface area contributed by atoms with Gasteiger partial charge in [0.2, 0.25) is 0 Å². The van der Waals surface area contributed by atoms with Crippen molar-refractivity contribution in [3.05, 3.63) is 95.1 Å². The molecule has 3 aromatic rings. The van der Waals surface area contributed by atoms with Crippen LogP contribution < -0.4 is 5.32 Å². The highest BCUT2D eigenvalue weighted by molar-refractivity contribution is 5.81. The first-order valence-electron chi connectivity index (χ1n) is 23.2. The third-order valence-electron chi connectivity index (χ3n) is 11.9. The van der Waals surface area contributed by atoms with Gasteiger partial charge in [0.15, 0.2) is 36.8 Å². The standard InChI is InChI=1S/C51H57NO21/c1-25(53)63-23-41-45(73-50-48(70-31(7)59)47(69-30(6)58)44(67-28(4)56)42(72-50)24-64-26(2)54)46(68-29(5)57)43(66-27(3)55)40(71-41)21-33-18-16-32(17-19-33)20-39(49(60)61)52-51(62)65-22-38-36-14-10-8-12-34(36)35-13-9-11-15-37(35)38/h8-19,38-48,50H,20-24H2,1-7H3,(H,52,62)(H,60,61)/t39-,40+,41+,42+,43+,44+,45+,46+,47-,48+,50+/m0/s1. The molecule has 2 heterocycles. The molecule has 2 N–H and O–H groups in total. The lowest BCUT2D eigenvalue weighted by atomic mass is 9.90. The molecule has 0 saturated carbocycles. The van der Waals surface area contributed by atoms with Gasteiger partial charge in [-0.05, 0) is 33.4 Å². The molecular weight excluding hydrogens is 963 g/mol. The molecule has 392 valence electrons. The van der Waals surface area contributed by atoms with Crippen LogP contribution in [-0.4, -0.2) is 146 Å². The Morgan fingerprint density at radius 2 is 0.932 bits per heavy atom. The van der Waals surface area contributed by atoms with Crippen LogP contribution in [0.4, 0.5) is 4.79 Å². The lowest BCUT2D eigenvalue weighted by Gasteiger charge is -2.49. The minimum atomic E-state index is -1.84. The molecular formula is C51H57NO21. The second kappa shape index (κ2) is 24.8. The summed E-state index contributed by atoms with van der Waals surface area (Å²) in [5.74, 6) is -7.58. The fraction of sp³-hybridized carbons (Fsp3) is 0.471. The Morgan fingerprint density at radius 3 is 1.42 bits per heavy atom. The van der Waals surface area contributed by atoms with Crippen LogP contribution in [0.15, 0.2) is 72.8 Å². The number of carboxylic acids is 1. The van der Waals surface area contributed by atoms with Gasteiger partial charge in [-0.1, -0.05) is 72.8 Å². The SMILES string of the molecule is CC(=O)OC[C@H]1O[C@H](Cc2ccc(C[C@H](NC(=O)OCC3c4ccccc4-c4ccccc43)C(=O)O)cc2)[C@@H](OC(C)=O)[C@@H](OC(C)=O)[C@@H]1O[C@H]1O[C@H](COC(C)=O)[C@@H](OC(C)=O)[C@H](OC(C)=O)[C@H]1OC(C)=O. The number of hydrogen-bond acceptors (Lipinski definition) is 20. The highest BCUT2D eigenvalue weighted by Gasteiger charge is 2.57. The second-order valence-corrected chi connectivity index (χ2v) is 17.4. The van der Waals surface area contributed by atoms with Gasteiger partial charge in [0.25, 0.3) is 0 Å². The van der Waals surface area contributed by atoms with Crippen LogP contribution in [0.25, 0.3) is 11.1 Å². The van der Waals surface area contributed by atoms with E-state index in [0.29, 0.717) is 11.1 Å². The number of ether oxygens (including phenoxy) is 11. The van der Waals surface area contributed by atoms with Crippen LogP contribution in [0, 0.1) is 0 Å². The van der Waals surface area contributed by atoms with Crippen LogP contribution in [0.5, 0.6) is 0 Å². The summed E-state index contributed by atoms with van der Waals surface area (Å²) in [6, 6.07) is 20.7. The summed E-state index contributed by atoms with van der Waals surface area (Å²) in [5.41, 5.74) is 5.07. The quantitative estimate of drug-likeness (QED) is 0.128. The minimum absolute atomic E-state index is 0.0265. The Labute approximate surface area is 419 Å². The van der Waals surface area contributed by atoms with E-state index in [-0.39, 0.29) is 25.4 Å². The maximum atomic E-state index is 13.1. The number of nitrogens with one attached hydrogen (secondary N) is 1. The highest BCUT2D eigenvalue weighted by atomic mass is 16.8. The predicted octanol–water partition coefficient (Wildman–Crippen LogP) is 3.43. The molecule has 3 aromatic carbocycles. The first-order valence-corrected chi connectivity index (χ1v) is 23.2. The largest absolute Gasteiger partial charge is 0.480 e. The minimum Gasteiger partial charge on any atom is -0.480 e. The van der Waals surface area contributed by atoms with Crippen LogP contribution in [0.2, 0.25) is 0 Å². The Morgan fingerprint density at radius 1 is 0.493 bits per heavy atom. The number of alkyl carbamates (subject to hydrolysis) is 1. The molecule has 0 bridgehead atoms. The van der Waals surface area contributed by atoms with E-state index in [4.69, 9.17) is 52.1 Å². The van der Waals surface area contributed by atoms with E-state index >= 15 is 0 Å². The van der Waals surface area contributed by atoms with E-state index in [2.05, 4.69) is 5.32 Å². The molecule has 6 rings (SSSR count). The second-order valence-electron chi connectivity index (χ2n) is 17.4. The summed E-state index contributed by atoms with van der Waals surface area (Å²) in [6.07, 6.45) is -16.7. The van der Waals surface area contributed by atoms with Crippen molar-refractivity contribution in [1.82, 2.24) is 5.32 Å². The van der Waals surface area contributed by atoms with Crippen LogP contribution >= 0.6 is 0 Å². The van der Waals surface area contributed by atoms with Crippen molar-refractivity contribution < 1.29 is 100 Å². The van der Waals surface area contributed by atoms with E-state index in [9.17, 15) is 48.3 Å². The maximum absolute atomic E-state index is 13.1. The summed E-state index contributed by atoms with van der Waals surface area (Å²) < 4.78 is 63.3. The zero-order chi connectivity index (χ0) is 53.1. The number of carbonyl (C=O) groups is 9. The molecule has 73 heavy (non-hydrogen) atoms. The van der Waals surface area contributed by atoms with Crippen molar-refractivity contribution in [3.8, 4) is 11.1 Å². The van der Waals surface area contributed by atoms with Gasteiger partial charge in [-0.3, -0.25) is 33.6 Å². The van der Waals surface area contributed by atoms with Crippen LogP contribution in [0.1, 0.15) is 76.6 Å². The number of hydrogen-bond donors (Lipinski definition) is 2. The Balaban J connectivity index is 1.23. The van der Waals surface area contributed by atoms with Crippen molar-refractivity contribution >= 4 is 53.8 Å². The Hall–Kier alpha value is -7.43. The van der Waals surface area contributed by atoms with E-state index in [1.807, 2.05) is 48.5 Å². The molecule has 0 spiro atoms. The van der Waals surface area contributed by atoms with Crippen LogP contribution in [0.3, 0.4) is 0 Å². The summed E-state index contributed by atoms with van der Waals surface area (Å²) in [6.45, 7) is 6.25. The third-order valence-corrected chi connectivity index (χ3v) is 11.9. The first kappa shape index (κ1) is 54.9. The van der Waals surface area contributed by atoms with Gasteiger partial charge in [-0.15, -0.1) is 0 Å². The van der Waals surface area contributed by atoms with Gasteiger partial charge >= 0.3 is 53.8 Å². The molecule has 0 unspecified atom stereocenters. The first-order chi connectivity index (χ1) is 34.7. The van der Waals surface area contributed by atoms with Gasteiger partial charge in [0, 0.05) is 67.2 Å². The van der Waals surface area contributed by atoms with Gasteiger partial charge < -0.3 is 62.5 Å². The molecule has 2 fully saturated rings. The maximum Gasteiger partial charge on any atom is 0.407 e. The predicted molar refractivity (Wildman–Crippen MR) is 247 cm³/mol. The van der Waals surface area contributed by atoms with Crippen molar-refractivity contribution in [2.75, 3.05) is 19.8 Å². The van der Waals surface area contributed by atoms with E-state index in [1.54, 1.807) is 24.3 Å². The molecule has 2 aliphatic heterocycles. The molecule has 22 nitrogen and oxygen atoms in total. The Bertz CT molecular complexity index is 2480. The number of amides is 1. The van der Waals surface area contributed by atoms with E-state index < -0.39 is 134 Å². The molecule has 2 saturated heterocycles. The summed E-state index contributed by atoms with van der Waals surface area (Å²) in [7, 11) is 0. The van der Waals surface area contributed by atoms with Crippen molar-refractivity contribution in [2.45, 2.75) is 134 Å². The molecule has 22 heteroatoms. The zero-order valence-electron chi connectivity index (χ0n) is 41.0. The number of rotatable bonds is 19. The number of aliphatic carboxylic acids is 1. The normalized spacial score (nSPS) is 24.5. The summed E-state index contributed by atoms with van der Waals surface area (Å²) in [5, 5.41) is 12.6. The Kier molecular flexibility index (Phi) is 18.7. The zero-order valence-corrected chi connectivity index (χ0v) is 41.0. The molecule has 3 aliphatic rings. The summed E-state index contributed by atoms with van der Waals surface area (Å²) in [4.78, 5) is 113. The third kappa shape index (κ3) is 14.6. The fourth-order valence-corrected chi connectivity index (χ4v) is 9.03. The number of benzene rings is 3. The molecule has 0 aromatic heterocycles. The molecule has 0 radical (unpaired) electrons. The van der Waals surface area contributed by atoms with Crippen LogP contribution in [-0.2, 0) is 103 Å². The van der Waals surface area contributed by atoms with E-state index in [1.165, 1.54) is 0 Å². The smallest absolute Gasteiger partial charge is 0.407 e. The molecule has 1 amide bonds. The number of carboxylic acid groups (broad SMARTS) is 1. The van der Waals surface area contributed by atoms with E-state index in [0.717, 1.165) is 70.7 Å². The summed E-state index contributed by atoms with van der Waals surface area (Å²) >= 11 is 0. The lowest BCUT2D eigenvalue weighted by molar-refractivity contribution is -0.344. The van der Waals surface area contributed by atoms with Gasteiger partial charge in [-0.2, -0.15) is 0 Å². The molecule has 1 aliphatic carbocycles. The monoisotopic (exact) mass is 1020 g/mol. The lowest BCUT2D eigenvalue weighted by Crippen LogP contribution is -2.67. The van der Waals surface area contributed by atoms with Gasteiger partial charge in [0.05, 0.1) is 0 Å². The van der Waals surface area contributed by atoms with Crippen molar-refractivity contribution in [2.24, 2.45) is 0 Å². The number of fused-ring (bicyclic) bond motifs is 3. The van der Waals surface area contributed by atoms with Crippen molar-refractivity contribution in [1.29, 1.82) is 0 Å². The van der Waals surface area contributed by atoms with Gasteiger partial charge in [-0.25, -0.2) is 9.59 Å². The van der Waals surface area contributed by atoms with Gasteiger partial charge in [0.1, 0.15) is 50.3 Å². The van der Waals surface area contributed by atoms with Crippen molar-refractivity contribution in [3.63, 3.8) is 0 Å². The topological polar surface area (TPSA) is 287 Å². The number of carbonyl (C=O) groups excluding carboxylic acids is 8. The fourth-order valence-electron chi connectivity index (χ4n) is 9.03. The average molecular weight is 1020 g/mol.